The Morgan fingerprint density at radius 3 is 2.59 bits per heavy atom. The van der Waals surface area contributed by atoms with Crippen molar-refractivity contribution in [3.8, 4) is 0 Å². The van der Waals surface area contributed by atoms with Crippen LogP contribution in [0.1, 0.15) is 65.1 Å². The highest BCUT2D eigenvalue weighted by molar-refractivity contribution is 5.96. The van der Waals surface area contributed by atoms with Gasteiger partial charge in [0.25, 0.3) is 11.5 Å². The van der Waals surface area contributed by atoms with Crippen molar-refractivity contribution in [3.63, 3.8) is 0 Å². The number of fused-ring (bicyclic) bond motifs is 2. The molecule has 0 aliphatic heterocycles. The maximum absolute atomic E-state index is 12.9. The third kappa shape index (κ3) is 3.57. The number of hydrogen-bond donors (Lipinski definition) is 2. The van der Waals surface area contributed by atoms with E-state index in [0.717, 1.165) is 36.8 Å². The SMILES string of the molecule is CC(=O)c1ccn2c(C(=O)N[C@H]3CC[C@H](c4n[nH]c(=O)c5ccccc54)CC3)cnc2c1. The number of benzene rings is 1. The molecule has 2 N–H and O–H groups in total. The summed E-state index contributed by atoms with van der Waals surface area (Å²) >= 11 is 0. The van der Waals surface area contributed by atoms with Gasteiger partial charge in [-0.3, -0.25) is 18.8 Å². The average molecular weight is 429 g/mol. The van der Waals surface area contributed by atoms with Gasteiger partial charge in [-0.1, -0.05) is 18.2 Å². The Labute approximate surface area is 183 Å². The van der Waals surface area contributed by atoms with Gasteiger partial charge in [0.15, 0.2) is 5.78 Å². The number of rotatable bonds is 4. The molecule has 0 atom stereocenters. The van der Waals surface area contributed by atoms with Crippen LogP contribution in [0.15, 0.2) is 53.6 Å². The van der Waals surface area contributed by atoms with E-state index in [0.29, 0.717) is 22.3 Å². The van der Waals surface area contributed by atoms with Crippen LogP contribution in [0.25, 0.3) is 16.4 Å². The number of nitrogens with one attached hydrogen (secondary N) is 2. The number of amides is 1. The second-order valence-electron chi connectivity index (χ2n) is 8.35. The monoisotopic (exact) mass is 429 g/mol. The summed E-state index contributed by atoms with van der Waals surface area (Å²) in [5.41, 5.74) is 2.34. The van der Waals surface area contributed by atoms with Gasteiger partial charge < -0.3 is 5.32 Å². The minimum absolute atomic E-state index is 0.0389. The second kappa shape index (κ2) is 8.03. The van der Waals surface area contributed by atoms with Crippen molar-refractivity contribution >= 4 is 28.1 Å². The summed E-state index contributed by atoms with van der Waals surface area (Å²) < 4.78 is 1.70. The number of carbonyl (C=O) groups is 2. The Bertz CT molecular complexity index is 1400. The fourth-order valence-electron chi connectivity index (χ4n) is 4.59. The van der Waals surface area contributed by atoms with Crippen molar-refractivity contribution in [3.05, 3.63) is 76.1 Å². The number of aromatic nitrogens is 4. The number of carbonyl (C=O) groups excluding carboxylic acids is 2. The van der Waals surface area contributed by atoms with Gasteiger partial charge >= 0.3 is 0 Å². The summed E-state index contributed by atoms with van der Waals surface area (Å²) in [5, 5.41) is 11.7. The van der Waals surface area contributed by atoms with Gasteiger partial charge in [-0.25, -0.2) is 10.1 Å². The van der Waals surface area contributed by atoms with E-state index in [2.05, 4.69) is 20.5 Å². The quantitative estimate of drug-likeness (QED) is 0.484. The maximum atomic E-state index is 12.9. The van der Waals surface area contributed by atoms with Crippen LogP contribution >= 0.6 is 0 Å². The van der Waals surface area contributed by atoms with E-state index in [1.165, 1.54) is 13.1 Å². The first kappa shape index (κ1) is 20.1. The molecule has 0 spiro atoms. The molecule has 1 amide bonds. The van der Waals surface area contributed by atoms with Crippen molar-refractivity contribution in [2.45, 2.75) is 44.6 Å². The number of nitrogens with zero attached hydrogens (tertiary/aromatic N) is 3. The molecule has 0 saturated heterocycles. The second-order valence-corrected chi connectivity index (χ2v) is 8.35. The summed E-state index contributed by atoms with van der Waals surface area (Å²) in [6.07, 6.45) is 6.66. The number of imidazole rings is 1. The minimum atomic E-state index is -0.177. The summed E-state index contributed by atoms with van der Waals surface area (Å²) in [7, 11) is 0. The third-order valence-electron chi connectivity index (χ3n) is 6.33. The van der Waals surface area contributed by atoms with Crippen molar-refractivity contribution in [2.24, 2.45) is 0 Å². The van der Waals surface area contributed by atoms with Gasteiger partial charge in [0.2, 0.25) is 0 Å². The Morgan fingerprint density at radius 2 is 1.84 bits per heavy atom. The molecule has 8 nitrogen and oxygen atoms in total. The molecule has 162 valence electrons. The number of Topliss-reactive ketones (excluding diaryl/α,β-unsaturated/α-hetero) is 1. The zero-order valence-electron chi connectivity index (χ0n) is 17.7. The van der Waals surface area contributed by atoms with E-state index in [9.17, 15) is 14.4 Å². The lowest BCUT2D eigenvalue weighted by Gasteiger charge is -2.29. The lowest BCUT2D eigenvalue weighted by Crippen LogP contribution is -2.38. The number of aromatic amines is 1. The van der Waals surface area contributed by atoms with Crippen LogP contribution in [0.2, 0.25) is 0 Å². The number of ketones is 1. The highest BCUT2D eigenvalue weighted by Gasteiger charge is 2.27. The van der Waals surface area contributed by atoms with E-state index < -0.39 is 0 Å². The third-order valence-corrected chi connectivity index (χ3v) is 6.33. The van der Waals surface area contributed by atoms with E-state index >= 15 is 0 Å². The zero-order valence-corrected chi connectivity index (χ0v) is 17.7. The lowest BCUT2D eigenvalue weighted by atomic mass is 9.82. The van der Waals surface area contributed by atoms with Crippen LogP contribution in [0.3, 0.4) is 0 Å². The predicted octanol–water partition coefficient (Wildman–Crippen LogP) is 3.23. The van der Waals surface area contributed by atoms with E-state index in [1.807, 2.05) is 24.3 Å². The Morgan fingerprint density at radius 1 is 1.09 bits per heavy atom. The molecule has 3 heterocycles. The maximum Gasteiger partial charge on any atom is 0.272 e. The first-order valence-corrected chi connectivity index (χ1v) is 10.8. The topological polar surface area (TPSA) is 109 Å². The summed E-state index contributed by atoms with van der Waals surface area (Å²) in [6, 6.07) is 11.0. The van der Waals surface area contributed by atoms with Crippen molar-refractivity contribution in [1.29, 1.82) is 0 Å². The predicted molar refractivity (Wildman–Crippen MR) is 120 cm³/mol. The smallest absolute Gasteiger partial charge is 0.272 e. The molecular formula is C24H23N5O3. The molecule has 4 aromatic rings. The van der Waals surface area contributed by atoms with Gasteiger partial charge in [0, 0.05) is 29.1 Å². The largest absolute Gasteiger partial charge is 0.348 e. The fourth-order valence-corrected chi connectivity index (χ4v) is 4.59. The molecule has 0 unspecified atom stereocenters. The number of hydrogen-bond acceptors (Lipinski definition) is 5. The van der Waals surface area contributed by atoms with Crippen LogP contribution in [0, 0.1) is 0 Å². The van der Waals surface area contributed by atoms with Crippen molar-refractivity contribution in [2.75, 3.05) is 0 Å². The molecule has 3 aromatic heterocycles. The first-order valence-electron chi connectivity index (χ1n) is 10.8. The fraction of sp³-hybridized carbons (Fsp3) is 0.292. The van der Waals surface area contributed by atoms with Crippen LogP contribution in [-0.4, -0.2) is 37.3 Å². The molecule has 32 heavy (non-hydrogen) atoms. The van der Waals surface area contributed by atoms with Crippen LogP contribution in [0.4, 0.5) is 0 Å². The van der Waals surface area contributed by atoms with Gasteiger partial charge in [0.1, 0.15) is 11.3 Å². The van der Waals surface area contributed by atoms with Gasteiger partial charge in [-0.15, -0.1) is 0 Å². The van der Waals surface area contributed by atoms with Crippen molar-refractivity contribution < 1.29 is 9.59 Å². The molecule has 0 radical (unpaired) electrons. The van der Waals surface area contributed by atoms with Crippen LogP contribution in [0.5, 0.6) is 0 Å². The number of pyridine rings is 1. The number of H-pyrrole nitrogens is 1. The Kier molecular flexibility index (Phi) is 5.05. The molecule has 1 aliphatic rings. The normalized spacial score (nSPS) is 18.7. The van der Waals surface area contributed by atoms with Crippen LogP contribution in [-0.2, 0) is 0 Å². The first-order chi connectivity index (χ1) is 15.5. The highest BCUT2D eigenvalue weighted by Crippen LogP contribution is 2.34. The zero-order chi connectivity index (χ0) is 22.2. The molecule has 5 rings (SSSR count). The summed E-state index contributed by atoms with van der Waals surface area (Å²) in [4.78, 5) is 40.8. The average Bonchev–Trinajstić information content (AvgIpc) is 3.24. The summed E-state index contributed by atoms with van der Waals surface area (Å²) in [5.74, 6) is 0.0258. The molecule has 1 aromatic carbocycles. The molecule has 1 fully saturated rings. The minimum Gasteiger partial charge on any atom is -0.348 e. The molecule has 0 bridgehead atoms. The van der Waals surface area contributed by atoms with Gasteiger partial charge in [-0.05, 0) is 50.8 Å². The highest BCUT2D eigenvalue weighted by atomic mass is 16.2. The Balaban J connectivity index is 1.28. The van der Waals surface area contributed by atoms with E-state index in [-0.39, 0.29) is 29.2 Å². The van der Waals surface area contributed by atoms with Gasteiger partial charge in [-0.2, -0.15) is 5.10 Å². The van der Waals surface area contributed by atoms with Crippen LogP contribution < -0.4 is 10.9 Å². The molecule has 1 saturated carbocycles. The molecular weight excluding hydrogens is 406 g/mol. The van der Waals surface area contributed by atoms with Crippen molar-refractivity contribution in [1.82, 2.24) is 24.9 Å². The van der Waals surface area contributed by atoms with E-state index in [1.54, 1.807) is 22.7 Å². The molecule has 1 aliphatic carbocycles. The Hall–Kier alpha value is -3.81. The standard InChI is InChI=1S/C24H23N5O3/c1-14(30)16-10-11-29-20(13-25-21(29)12-16)24(32)26-17-8-6-15(7-9-17)22-18-4-2-3-5-19(18)23(31)28-27-22/h2-5,10-13,15,17H,6-9H2,1H3,(H,26,32)(H,28,31)/t15-,17-. The van der Waals surface area contributed by atoms with Gasteiger partial charge in [0.05, 0.1) is 17.3 Å². The molecule has 8 heteroatoms. The lowest BCUT2D eigenvalue weighted by molar-refractivity contribution is 0.0919. The summed E-state index contributed by atoms with van der Waals surface area (Å²) in [6.45, 7) is 1.50. The van der Waals surface area contributed by atoms with E-state index in [4.69, 9.17) is 0 Å².